The van der Waals surface area contributed by atoms with E-state index in [1.165, 1.54) is 35.2 Å². The average Bonchev–Trinajstić information content (AvgIpc) is 3.15. The number of alkyl halides is 3. The molecule has 10 heteroatoms. The van der Waals surface area contributed by atoms with Gasteiger partial charge in [-0.15, -0.1) is 11.3 Å². The fourth-order valence-electron chi connectivity index (χ4n) is 2.54. The molecule has 2 N–H and O–H groups in total. The van der Waals surface area contributed by atoms with Crippen LogP contribution in [0.4, 0.5) is 24.5 Å². The van der Waals surface area contributed by atoms with E-state index in [0.29, 0.717) is 15.7 Å². The van der Waals surface area contributed by atoms with Gasteiger partial charge in [0.05, 0.1) is 23.4 Å². The summed E-state index contributed by atoms with van der Waals surface area (Å²) in [4.78, 5) is 28.5. The molecule has 0 atom stereocenters. The van der Waals surface area contributed by atoms with E-state index in [1.54, 1.807) is 5.38 Å². The Kier molecular flexibility index (Phi) is 7.34. The fourth-order valence-corrected chi connectivity index (χ4v) is 4.18. The molecule has 0 radical (unpaired) electrons. The zero-order valence-electron chi connectivity index (χ0n) is 16.3. The maximum Gasteiger partial charge on any atom is 0.416 e. The molecule has 5 nitrogen and oxygen atoms in total. The molecule has 1 aromatic heterocycles. The number of nitrogens with one attached hydrogen (secondary N) is 2. The third-order valence-electron chi connectivity index (χ3n) is 4.01. The third kappa shape index (κ3) is 7.11. The monoisotopic (exact) mass is 465 g/mol. The highest BCUT2D eigenvalue weighted by molar-refractivity contribution is 8.01. The highest BCUT2D eigenvalue weighted by Gasteiger charge is 2.30. The third-order valence-corrected chi connectivity index (χ3v) is 6.08. The Morgan fingerprint density at radius 1 is 1.03 bits per heavy atom. The summed E-state index contributed by atoms with van der Waals surface area (Å²) in [7, 11) is 0. The second-order valence-corrected chi connectivity index (χ2v) is 8.69. The van der Waals surface area contributed by atoms with E-state index in [1.807, 2.05) is 31.2 Å². The molecule has 0 bridgehead atoms. The van der Waals surface area contributed by atoms with E-state index in [-0.39, 0.29) is 23.8 Å². The minimum absolute atomic E-state index is 0.0671. The molecule has 0 fully saturated rings. The van der Waals surface area contributed by atoms with Crippen molar-refractivity contribution >= 4 is 46.3 Å². The van der Waals surface area contributed by atoms with E-state index in [4.69, 9.17) is 0 Å². The van der Waals surface area contributed by atoms with Gasteiger partial charge >= 0.3 is 6.18 Å². The number of aromatic nitrogens is 1. The first-order valence-electron chi connectivity index (χ1n) is 9.10. The number of aryl methyl sites for hydroxylation is 1. The molecule has 162 valence electrons. The number of carbonyl (C=O) groups excluding carboxylic acids is 2. The molecule has 0 saturated carbocycles. The molecule has 2 amide bonds. The number of anilines is 2. The number of hydrogen-bond acceptors (Lipinski definition) is 5. The van der Waals surface area contributed by atoms with Crippen LogP contribution in [-0.2, 0) is 22.2 Å². The predicted molar refractivity (Wildman–Crippen MR) is 116 cm³/mol. The molecular formula is C21H18F3N3O2S2. The first-order chi connectivity index (χ1) is 14.7. The van der Waals surface area contributed by atoms with E-state index < -0.39 is 17.6 Å². The van der Waals surface area contributed by atoms with Crippen LogP contribution in [-0.4, -0.2) is 22.6 Å². The van der Waals surface area contributed by atoms with Gasteiger partial charge in [-0.3, -0.25) is 9.59 Å². The molecular weight excluding hydrogens is 447 g/mol. The quantitative estimate of drug-likeness (QED) is 0.460. The van der Waals surface area contributed by atoms with E-state index in [0.717, 1.165) is 17.7 Å². The maximum absolute atomic E-state index is 12.8. The summed E-state index contributed by atoms with van der Waals surface area (Å²) in [6.45, 7) is 1.96. The Balaban J connectivity index is 1.48. The summed E-state index contributed by atoms with van der Waals surface area (Å²) in [5.41, 5.74) is 1.52. The van der Waals surface area contributed by atoms with Gasteiger partial charge in [0, 0.05) is 16.8 Å². The molecule has 0 aliphatic rings. The number of rotatable bonds is 7. The lowest BCUT2D eigenvalue weighted by molar-refractivity contribution is -0.137. The molecule has 0 aliphatic heterocycles. The van der Waals surface area contributed by atoms with Crippen LogP contribution < -0.4 is 10.6 Å². The molecule has 2 aromatic carbocycles. The Morgan fingerprint density at radius 2 is 1.74 bits per heavy atom. The predicted octanol–water partition coefficient (Wildman–Crippen LogP) is 5.38. The number of thioether (sulfide) groups is 1. The molecule has 0 saturated heterocycles. The summed E-state index contributed by atoms with van der Waals surface area (Å²) in [5.74, 6) is -0.483. The van der Waals surface area contributed by atoms with Crippen LogP contribution in [0.1, 0.15) is 16.8 Å². The minimum atomic E-state index is -4.48. The first kappa shape index (κ1) is 22.8. The van der Waals surface area contributed by atoms with Crippen LogP contribution in [0.5, 0.6) is 0 Å². The van der Waals surface area contributed by atoms with Gasteiger partial charge in [-0.1, -0.05) is 35.5 Å². The molecule has 0 aliphatic carbocycles. The summed E-state index contributed by atoms with van der Waals surface area (Å²) < 4.78 is 38.9. The van der Waals surface area contributed by atoms with E-state index in [9.17, 15) is 22.8 Å². The van der Waals surface area contributed by atoms with Crippen LogP contribution in [0.25, 0.3) is 0 Å². The van der Waals surface area contributed by atoms with Crippen molar-refractivity contribution in [1.82, 2.24) is 4.98 Å². The van der Waals surface area contributed by atoms with Crippen molar-refractivity contribution in [3.63, 3.8) is 0 Å². The summed E-state index contributed by atoms with van der Waals surface area (Å²) in [6, 6.07) is 11.9. The van der Waals surface area contributed by atoms with Gasteiger partial charge in [0.25, 0.3) is 0 Å². The van der Waals surface area contributed by atoms with Crippen molar-refractivity contribution in [2.45, 2.75) is 23.9 Å². The summed E-state index contributed by atoms with van der Waals surface area (Å²) >= 11 is 2.54. The van der Waals surface area contributed by atoms with Gasteiger partial charge in [0.15, 0.2) is 4.34 Å². The van der Waals surface area contributed by atoms with Crippen LogP contribution >= 0.6 is 23.1 Å². The number of amides is 2. The fraction of sp³-hybridized carbons (Fsp3) is 0.190. The number of carbonyl (C=O) groups is 2. The lowest BCUT2D eigenvalue weighted by Crippen LogP contribution is -2.15. The number of nitrogens with zero attached hydrogens (tertiary/aromatic N) is 1. The highest BCUT2D eigenvalue weighted by atomic mass is 32.2. The minimum Gasteiger partial charge on any atom is -0.326 e. The Hall–Kier alpha value is -2.85. The number of benzene rings is 2. The molecule has 3 aromatic rings. The van der Waals surface area contributed by atoms with Gasteiger partial charge in [-0.2, -0.15) is 13.2 Å². The lowest BCUT2D eigenvalue weighted by atomic mass is 10.2. The molecule has 0 spiro atoms. The van der Waals surface area contributed by atoms with Crippen LogP contribution in [0.2, 0.25) is 0 Å². The SMILES string of the molecule is Cc1ccc(NC(=O)CSc2nc(CC(=O)Nc3cccc(C(F)(F)F)c3)cs2)cc1. The zero-order valence-corrected chi connectivity index (χ0v) is 18.0. The van der Waals surface area contributed by atoms with Crippen LogP contribution in [0.3, 0.4) is 0 Å². The lowest BCUT2D eigenvalue weighted by Gasteiger charge is -2.09. The van der Waals surface area contributed by atoms with Crippen molar-refractivity contribution in [2.75, 3.05) is 16.4 Å². The van der Waals surface area contributed by atoms with Crippen LogP contribution in [0.15, 0.2) is 58.3 Å². The largest absolute Gasteiger partial charge is 0.416 e. The van der Waals surface area contributed by atoms with Gasteiger partial charge in [0.1, 0.15) is 0 Å². The van der Waals surface area contributed by atoms with Crippen molar-refractivity contribution in [3.05, 3.63) is 70.7 Å². The Bertz CT molecular complexity index is 1070. The van der Waals surface area contributed by atoms with E-state index >= 15 is 0 Å². The standard InChI is InChI=1S/C21H18F3N3O2S2/c1-13-5-7-15(8-6-13)25-19(29)12-31-20-27-17(11-30-20)10-18(28)26-16-4-2-3-14(9-16)21(22,23)24/h2-9,11H,10,12H2,1H3,(H,25,29)(H,26,28). The number of halogens is 3. The molecule has 1 heterocycles. The first-order valence-corrected chi connectivity index (χ1v) is 11.0. The zero-order chi connectivity index (χ0) is 22.4. The van der Waals surface area contributed by atoms with Gasteiger partial charge in [0.2, 0.25) is 11.8 Å². The van der Waals surface area contributed by atoms with Crippen molar-refractivity contribution in [2.24, 2.45) is 0 Å². The maximum atomic E-state index is 12.8. The highest BCUT2D eigenvalue weighted by Crippen LogP contribution is 2.30. The number of hydrogen-bond donors (Lipinski definition) is 2. The molecule has 31 heavy (non-hydrogen) atoms. The Labute approximate surface area is 185 Å². The van der Waals surface area contributed by atoms with Gasteiger partial charge in [-0.25, -0.2) is 4.98 Å². The smallest absolute Gasteiger partial charge is 0.326 e. The normalized spacial score (nSPS) is 11.2. The van der Waals surface area contributed by atoms with Crippen molar-refractivity contribution < 1.29 is 22.8 Å². The topological polar surface area (TPSA) is 71.1 Å². The molecule has 0 unspecified atom stereocenters. The second-order valence-electron chi connectivity index (χ2n) is 6.61. The van der Waals surface area contributed by atoms with Gasteiger partial charge < -0.3 is 10.6 Å². The molecule has 3 rings (SSSR count). The van der Waals surface area contributed by atoms with Gasteiger partial charge in [-0.05, 0) is 37.3 Å². The van der Waals surface area contributed by atoms with Crippen molar-refractivity contribution in [1.29, 1.82) is 0 Å². The van der Waals surface area contributed by atoms with Crippen molar-refractivity contribution in [3.8, 4) is 0 Å². The number of thiazole rings is 1. The summed E-state index contributed by atoms with van der Waals surface area (Å²) in [6.07, 6.45) is -4.56. The van der Waals surface area contributed by atoms with E-state index in [2.05, 4.69) is 15.6 Å². The Morgan fingerprint density at radius 3 is 2.45 bits per heavy atom. The average molecular weight is 466 g/mol. The second kappa shape index (κ2) is 9.97. The van der Waals surface area contributed by atoms with Crippen LogP contribution in [0, 0.1) is 6.92 Å². The summed E-state index contributed by atoms with van der Waals surface area (Å²) in [5, 5.41) is 6.93.